The van der Waals surface area contributed by atoms with Gasteiger partial charge in [0, 0.05) is 30.3 Å². The van der Waals surface area contributed by atoms with Gasteiger partial charge in [0.15, 0.2) is 0 Å². The number of pyridine rings is 1. The zero-order chi connectivity index (χ0) is 23.1. The molecule has 1 aromatic heterocycles. The van der Waals surface area contributed by atoms with Crippen molar-refractivity contribution >= 4 is 28.9 Å². The van der Waals surface area contributed by atoms with Gasteiger partial charge in [0.2, 0.25) is 5.91 Å². The molecule has 3 rings (SSSR count). The Morgan fingerprint density at radius 3 is 2.47 bits per heavy atom. The number of imide groups is 1. The molecule has 32 heavy (non-hydrogen) atoms. The molecule has 8 heteroatoms. The van der Waals surface area contributed by atoms with Crippen LogP contribution in [0.1, 0.15) is 50.1 Å². The summed E-state index contributed by atoms with van der Waals surface area (Å²) in [4.78, 5) is 39.2. The SMILES string of the molecule is CC(C)CC(=O)OC(C)c1ccc(CCOc2ccc(CC3SC(=O)NC3=O)cc2)nc1. The molecule has 2 amide bonds. The summed E-state index contributed by atoms with van der Waals surface area (Å²) in [5.41, 5.74) is 2.72. The number of hydrogen-bond acceptors (Lipinski definition) is 7. The van der Waals surface area contributed by atoms with Crippen LogP contribution in [0.3, 0.4) is 0 Å². The van der Waals surface area contributed by atoms with Gasteiger partial charge in [0.05, 0.1) is 11.9 Å². The zero-order valence-electron chi connectivity index (χ0n) is 18.5. The summed E-state index contributed by atoms with van der Waals surface area (Å²) in [5.74, 6) is 0.567. The van der Waals surface area contributed by atoms with E-state index in [9.17, 15) is 14.4 Å². The zero-order valence-corrected chi connectivity index (χ0v) is 19.3. The van der Waals surface area contributed by atoms with Crippen molar-refractivity contribution in [2.24, 2.45) is 5.92 Å². The molecule has 7 nitrogen and oxygen atoms in total. The number of rotatable bonds is 10. The van der Waals surface area contributed by atoms with Crippen molar-refractivity contribution in [2.75, 3.05) is 6.61 Å². The van der Waals surface area contributed by atoms with Crippen LogP contribution in [0.2, 0.25) is 0 Å². The van der Waals surface area contributed by atoms with Gasteiger partial charge in [0.1, 0.15) is 11.9 Å². The van der Waals surface area contributed by atoms with Crippen LogP contribution in [0, 0.1) is 5.92 Å². The standard InChI is InChI=1S/C24H28N2O5S/c1-15(2)12-22(27)31-16(3)18-6-7-19(25-14-18)10-11-30-20-8-4-17(5-9-20)13-21-23(28)26-24(29)32-21/h4-9,14-16,21H,10-13H2,1-3H3,(H,26,28,29). The minimum absolute atomic E-state index is 0.199. The highest BCUT2D eigenvalue weighted by atomic mass is 32.2. The smallest absolute Gasteiger partial charge is 0.306 e. The predicted molar refractivity (Wildman–Crippen MR) is 122 cm³/mol. The summed E-state index contributed by atoms with van der Waals surface area (Å²) < 4.78 is 11.2. The van der Waals surface area contributed by atoms with Gasteiger partial charge >= 0.3 is 5.97 Å². The second kappa shape index (κ2) is 11.1. The Bertz CT molecular complexity index is 944. The largest absolute Gasteiger partial charge is 0.493 e. The van der Waals surface area contributed by atoms with E-state index < -0.39 is 0 Å². The van der Waals surface area contributed by atoms with E-state index >= 15 is 0 Å². The fourth-order valence-corrected chi connectivity index (χ4v) is 4.07. The number of nitrogens with zero attached hydrogens (tertiary/aromatic N) is 1. The molecule has 0 aliphatic carbocycles. The summed E-state index contributed by atoms with van der Waals surface area (Å²) in [5, 5.41) is 1.64. The Morgan fingerprint density at radius 2 is 1.88 bits per heavy atom. The van der Waals surface area contributed by atoms with Crippen LogP contribution in [-0.2, 0) is 27.2 Å². The van der Waals surface area contributed by atoms with E-state index in [4.69, 9.17) is 9.47 Å². The molecule has 2 atom stereocenters. The van der Waals surface area contributed by atoms with Gasteiger partial charge in [-0.15, -0.1) is 0 Å². The minimum atomic E-state index is -0.371. The Hall–Kier alpha value is -2.87. The number of thioether (sulfide) groups is 1. The molecule has 2 aromatic rings. The topological polar surface area (TPSA) is 94.6 Å². The second-order valence-corrected chi connectivity index (χ2v) is 9.32. The fraction of sp³-hybridized carbons (Fsp3) is 0.417. The summed E-state index contributed by atoms with van der Waals surface area (Å²) in [7, 11) is 0. The second-order valence-electron chi connectivity index (χ2n) is 8.14. The van der Waals surface area contributed by atoms with Crippen molar-refractivity contribution in [3.05, 3.63) is 59.4 Å². The van der Waals surface area contributed by atoms with Gasteiger partial charge in [-0.1, -0.05) is 43.8 Å². The van der Waals surface area contributed by atoms with Crippen LogP contribution in [0.25, 0.3) is 0 Å². The number of aromatic nitrogens is 1. The molecule has 1 aromatic carbocycles. The molecule has 1 saturated heterocycles. The maximum atomic E-state index is 11.8. The van der Waals surface area contributed by atoms with Crippen LogP contribution in [0.5, 0.6) is 5.75 Å². The third-order valence-corrected chi connectivity index (χ3v) is 5.92. The first-order valence-electron chi connectivity index (χ1n) is 10.7. The third-order valence-electron chi connectivity index (χ3n) is 4.94. The minimum Gasteiger partial charge on any atom is -0.493 e. The van der Waals surface area contributed by atoms with Gasteiger partial charge < -0.3 is 9.47 Å². The quantitative estimate of drug-likeness (QED) is 0.534. The number of nitrogens with one attached hydrogen (secondary N) is 1. The highest BCUT2D eigenvalue weighted by Crippen LogP contribution is 2.24. The van der Waals surface area contributed by atoms with E-state index in [1.54, 1.807) is 6.20 Å². The van der Waals surface area contributed by atoms with Crippen molar-refractivity contribution < 1.29 is 23.9 Å². The van der Waals surface area contributed by atoms with Gasteiger partial charge in [0.25, 0.3) is 5.24 Å². The molecule has 0 spiro atoms. The summed E-state index contributed by atoms with van der Waals surface area (Å²) in [6.07, 6.45) is 2.96. The first-order valence-corrected chi connectivity index (χ1v) is 11.6. The lowest BCUT2D eigenvalue weighted by Crippen LogP contribution is -2.25. The molecule has 0 bridgehead atoms. The van der Waals surface area contributed by atoms with Crippen molar-refractivity contribution in [3.8, 4) is 5.75 Å². The van der Waals surface area contributed by atoms with Crippen LogP contribution in [0.4, 0.5) is 4.79 Å². The first-order chi connectivity index (χ1) is 15.3. The van der Waals surface area contributed by atoms with Crippen molar-refractivity contribution in [2.45, 2.75) is 51.4 Å². The Morgan fingerprint density at radius 1 is 1.12 bits per heavy atom. The van der Waals surface area contributed by atoms with Crippen molar-refractivity contribution in [3.63, 3.8) is 0 Å². The highest BCUT2D eigenvalue weighted by molar-refractivity contribution is 8.15. The molecule has 0 saturated carbocycles. The van der Waals surface area contributed by atoms with Gasteiger partial charge in [-0.3, -0.25) is 24.7 Å². The molecule has 170 valence electrons. The number of carbonyl (C=O) groups excluding carboxylic acids is 3. The maximum Gasteiger partial charge on any atom is 0.306 e. The van der Waals surface area contributed by atoms with E-state index in [-0.39, 0.29) is 34.4 Å². The summed E-state index contributed by atoms with van der Waals surface area (Å²) >= 11 is 1.03. The highest BCUT2D eigenvalue weighted by Gasteiger charge is 2.31. The normalized spacial score (nSPS) is 16.7. The predicted octanol–water partition coefficient (Wildman–Crippen LogP) is 4.25. The number of ether oxygens (including phenoxy) is 2. The van der Waals surface area contributed by atoms with Gasteiger partial charge in [-0.2, -0.15) is 0 Å². The Kier molecular flexibility index (Phi) is 8.27. The van der Waals surface area contributed by atoms with E-state index in [2.05, 4.69) is 10.3 Å². The molecular formula is C24H28N2O5S. The van der Waals surface area contributed by atoms with E-state index in [1.807, 2.05) is 57.2 Å². The Balaban J connectivity index is 1.42. The number of benzene rings is 1. The monoisotopic (exact) mass is 456 g/mol. The lowest BCUT2D eigenvalue weighted by atomic mass is 10.1. The van der Waals surface area contributed by atoms with Gasteiger partial charge in [-0.25, -0.2) is 0 Å². The maximum absolute atomic E-state index is 11.8. The molecular weight excluding hydrogens is 428 g/mol. The number of amides is 2. The third kappa shape index (κ3) is 7.09. The molecule has 1 aliphatic rings. The van der Waals surface area contributed by atoms with Gasteiger partial charge in [-0.05, 0) is 43.0 Å². The lowest BCUT2D eigenvalue weighted by Gasteiger charge is -2.14. The Labute approximate surface area is 192 Å². The van der Waals surface area contributed by atoms with Crippen LogP contribution >= 0.6 is 11.8 Å². The van der Waals surface area contributed by atoms with E-state index in [0.29, 0.717) is 25.9 Å². The summed E-state index contributed by atoms with van der Waals surface area (Å²) in [6, 6.07) is 11.4. The summed E-state index contributed by atoms with van der Waals surface area (Å²) in [6.45, 7) is 6.28. The van der Waals surface area contributed by atoms with Crippen molar-refractivity contribution in [1.82, 2.24) is 10.3 Å². The number of esters is 1. The van der Waals surface area contributed by atoms with E-state index in [1.165, 1.54) is 0 Å². The van der Waals surface area contributed by atoms with Crippen LogP contribution in [-0.4, -0.2) is 34.0 Å². The molecule has 1 aliphatic heterocycles. The van der Waals surface area contributed by atoms with E-state index in [0.717, 1.165) is 34.3 Å². The van der Waals surface area contributed by atoms with Crippen LogP contribution < -0.4 is 10.1 Å². The molecule has 1 N–H and O–H groups in total. The average Bonchev–Trinajstić information content (AvgIpc) is 3.05. The number of carbonyl (C=O) groups is 3. The molecule has 1 fully saturated rings. The molecule has 2 unspecified atom stereocenters. The molecule has 0 radical (unpaired) electrons. The first kappa shape index (κ1) is 23.8. The fourth-order valence-electron chi connectivity index (χ4n) is 3.21. The lowest BCUT2D eigenvalue weighted by molar-refractivity contribution is -0.149. The van der Waals surface area contributed by atoms with Crippen LogP contribution in [0.15, 0.2) is 42.6 Å². The number of hydrogen-bond donors (Lipinski definition) is 1. The molecule has 2 heterocycles. The van der Waals surface area contributed by atoms with Crippen molar-refractivity contribution in [1.29, 1.82) is 0 Å². The average molecular weight is 457 g/mol.